The number of aromatic nitrogens is 2. The Morgan fingerprint density at radius 1 is 1.04 bits per heavy atom. The van der Waals surface area contributed by atoms with Crippen LogP contribution in [0.5, 0.6) is 0 Å². The van der Waals surface area contributed by atoms with Crippen molar-refractivity contribution in [3.05, 3.63) is 72.4 Å². The van der Waals surface area contributed by atoms with Crippen molar-refractivity contribution >= 4 is 44.9 Å². The molecule has 0 fully saturated rings. The smallest absolute Gasteiger partial charge is 0.239 e. The van der Waals surface area contributed by atoms with Gasteiger partial charge in [-0.3, -0.25) is 4.79 Å². The van der Waals surface area contributed by atoms with Crippen LogP contribution < -0.4 is 4.90 Å². The molecule has 0 aliphatic rings. The maximum Gasteiger partial charge on any atom is 0.239 e. The van der Waals surface area contributed by atoms with E-state index in [1.165, 1.54) is 11.8 Å². The van der Waals surface area contributed by atoms with Crippen LogP contribution in [-0.4, -0.2) is 28.2 Å². The van der Waals surface area contributed by atoms with Gasteiger partial charge in [-0.1, -0.05) is 60.3 Å². The summed E-state index contributed by atoms with van der Waals surface area (Å²) in [7, 11) is 1.81. The molecule has 4 nitrogen and oxygen atoms in total. The lowest BCUT2D eigenvalue weighted by molar-refractivity contribution is -0.117. The standard InChI is InChI=1S/C22H19N3OS2/c1-15(22(26)25(2)17-11-7-4-8-12-17)28-21-19-18(16-9-5-3-6-10-16)13-27-20(19)23-14-24-21/h3-15H,1-2H3. The Hall–Kier alpha value is -2.70. The number of amides is 1. The van der Waals surface area contributed by atoms with E-state index in [0.29, 0.717) is 0 Å². The van der Waals surface area contributed by atoms with Gasteiger partial charge in [-0.2, -0.15) is 0 Å². The van der Waals surface area contributed by atoms with Gasteiger partial charge < -0.3 is 4.90 Å². The van der Waals surface area contributed by atoms with E-state index >= 15 is 0 Å². The average molecular weight is 406 g/mol. The highest BCUT2D eigenvalue weighted by Gasteiger charge is 2.23. The second-order valence-corrected chi connectivity index (χ2v) is 8.55. The Kier molecular flexibility index (Phi) is 5.41. The molecule has 6 heteroatoms. The first-order valence-electron chi connectivity index (χ1n) is 8.92. The van der Waals surface area contributed by atoms with Crippen LogP contribution in [0.25, 0.3) is 21.3 Å². The second kappa shape index (κ2) is 8.12. The molecule has 1 amide bonds. The molecule has 4 aromatic rings. The number of anilines is 1. The molecular formula is C22H19N3OS2. The number of rotatable bonds is 5. The molecule has 28 heavy (non-hydrogen) atoms. The van der Waals surface area contributed by atoms with Crippen molar-refractivity contribution < 1.29 is 4.79 Å². The summed E-state index contributed by atoms with van der Waals surface area (Å²) in [5, 5.41) is 3.70. The summed E-state index contributed by atoms with van der Waals surface area (Å²) >= 11 is 3.08. The third-order valence-corrected chi connectivity index (χ3v) is 6.50. The van der Waals surface area contributed by atoms with Gasteiger partial charge in [0, 0.05) is 23.7 Å². The highest BCUT2D eigenvalue weighted by molar-refractivity contribution is 8.00. The lowest BCUT2D eigenvalue weighted by Crippen LogP contribution is -2.33. The van der Waals surface area contributed by atoms with Crippen LogP contribution in [0.1, 0.15) is 6.92 Å². The molecule has 4 rings (SSSR count). The number of hydrogen-bond donors (Lipinski definition) is 0. The quantitative estimate of drug-likeness (QED) is 0.325. The van der Waals surface area contributed by atoms with Crippen LogP contribution in [-0.2, 0) is 4.79 Å². The minimum Gasteiger partial charge on any atom is -0.315 e. The van der Waals surface area contributed by atoms with E-state index in [2.05, 4.69) is 27.5 Å². The highest BCUT2D eigenvalue weighted by Crippen LogP contribution is 2.39. The third-order valence-electron chi connectivity index (χ3n) is 4.53. The molecule has 0 aliphatic carbocycles. The van der Waals surface area contributed by atoms with Crippen LogP contribution >= 0.6 is 23.1 Å². The minimum atomic E-state index is -0.271. The van der Waals surface area contributed by atoms with Crippen molar-refractivity contribution in [2.45, 2.75) is 17.2 Å². The highest BCUT2D eigenvalue weighted by atomic mass is 32.2. The summed E-state index contributed by atoms with van der Waals surface area (Å²) in [4.78, 5) is 24.5. The van der Waals surface area contributed by atoms with E-state index in [9.17, 15) is 4.79 Å². The summed E-state index contributed by atoms with van der Waals surface area (Å²) in [6.45, 7) is 1.93. The number of thioether (sulfide) groups is 1. The zero-order chi connectivity index (χ0) is 19.5. The number of para-hydroxylation sites is 1. The zero-order valence-corrected chi connectivity index (χ0v) is 17.2. The first-order valence-corrected chi connectivity index (χ1v) is 10.7. The number of carbonyl (C=O) groups is 1. The fourth-order valence-corrected chi connectivity index (χ4v) is 5.04. The Bertz CT molecular complexity index is 1100. The largest absolute Gasteiger partial charge is 0.315 e. The number of hydrogen-bond acceptors (Lipinski definition) is 5. The van der Waals surface area contributed by atoms with Crippen LogP contribution in [0.3, 0.4) is 0 Å². The molecule has 0 spiro atoms. The first-order chi connectivity index (χ1) is 13.6. The van der Waals surface area contributed by atoms with Gasteiger partial charge in [0.1, 0.15) is 16.2 Å². The molecule has 2 aromatic carbocycles. The maximum absolute atomic E-state index is 12.9. The molecule has 1 unspecified atom stereocenters. The molecule has 0 N–H and O–H groups in total. The van der Waals surface area contributed by atoms with Crippen LogP contribution in [0, 0.1) is 0 Å². The fourth-order valence-electron chi connectivity index (χ4n) is 3.04. The Labute approximate surface area is 172 Å². The number of carbonyl (C=O) groups excluding carboxylic acids is 1. The summed E-state index contributed by atoms with van der Waals surface area (Å²) in [5.74, 6) is 0.0412. The lowest BCUT2D eigenvalue weighted by atomic mass is 10.1. The summed E-state index contributed by atoms with van der Waals surface area (Å²) < 4.78 is 0. The SMILES string of the molecule is CC(Sc1ncnc2scc(-c3ccccc3)c12)C(=O)N(C)c1ccccc1. The van der Waals surface area contributed by atoms with Crippen molar-refractivity contribution in [3.8, 4) is 11.1 Å². The van der Waals surface area contributed by atoms with Gasteiger partial charge in [-0.05, 0) is 24.6 Å². The Balaban J connectivity index is 1.64. The van der Waals surface area contributed by atoms with Crippen molar-refractivity contribution in [2.24, 2.45) is 0 Å². The molecular weight excluding hydrogens is 386 g/mol. The first kappa shape index (κ1) is 18.7. The van der Waals surface area contributed by atoms with Crippen LogP contribution in [0.2, 0.25) is 0 Å². The predicted octanol–water partition coefficient (Wildman–Crippen LogP) is 5.50. The van der Waals surface area contributed by atoms with E-state index in [-0.39, 0.29) is 11.2 Å². The molecule has 0 bridgehead atoms. The summed E-state index contributed by atoms with van der Waals surface area (Å²) in [6.07, 6.45) is 1.58. The topological polar surface area (TPSA) is 46.1 Å². The molecule has 0 aliphatic heterocycles. The van der Waals surface area contributed by atoms with Gasteiger partial charge in [0.15, 0.2) is 0 Å². The van der Waals surface area contributed by atoms with E-state index in [1.807, 2.05) is 62.5 Å². The molecule has 2 aromatic heterocycles. The van der Waals surface area contributed by atoms with Gasteiger partial charge in [0.05, 0.1) is 10.6 Å². The second-order valence-electron chi connectivity index (χ2n) is 6.37. The van der Waals surface area contributed by atoms with Crippen molar-refractivity contribution in [3.63, 3.8) is 0 Å². The molecule has 0 radical (unpaired) electrons. The normalized spacial score (nSPS) is 12.1. The zero-order valence-electron chi connectivity index (χ0n) is 15.6. The van der Waals surface area contributed by atoms with Gasteiger partial charge in [-0.25, -0.2) is 9.97 Å². The monoisotopic (exact) mass is 405 g/mol. The van der Waals surface area contributed by atoms with Crippen molar-refractivity contribution in [1.29, 1.82) is 0 Å². The van der Waals surface area contributed by atoms with Crippen LogP contribution in [0.15, 0.2) is 77.4 Å². The molecule has 140 valence electrons. The van der Waals surface area contributed by atoms with E-state index in [4.69, 9.17) is 0 Å². The van der Waals surface area contributed by atoms with Gasteiger partial charge in [-0.15, -0.1) is 11.3 Å². The van der Waals surface area contributed by atoms with Gasteiger partial charge in [0.2, 0.25) is 5.91 Å². The van der Waals surface area contributed by atoms with Gasteiger partial charge >= 0.3 is 0 Å². The number of nitrogens with zero attached hydrogens (tertiary/aromatic N) is 3. The number of fused-ring (bicyclic) bond motifs is 1. The van der Waals surface area contributed by atoms with E-state index in [1.54, 1.807) is 22.6 Å². The Morgan fingerprint density at radius 3 is 2.43 bits per heavy atom. The van der Waals surface area contributed by atoms with Crippen molar-refractivity contribution in [2.75, 3.05) is 11.9 Å². The van der Waals surface area contributed by atoms with Gasteiger partial charge in [0.25, 0.3) is 0 Å². The van der Waals surface area contributed by atoms with E-state index < -0.39 is 0 Å². The fraction of sp³-hybridized carbons (Fsp3) is 0.136. The molecule has 0 saturated heterocycles. The Morgan fingerprint density at radius 2 is 1.71 bits per heavy atom. The summed E-state index contributed by atoms with van der Waals surface area (Å²) in [5.41, 5.74) is 3.12. The lowest BCUT2D eigenvalue weighted by Gasteiger charge is -2.21. The third kappa shape index (κ3) is 3.66. The number of benzene rings is 2. The molecule has 2 heterocycles. The molecule has 0 saturated carbocycles. The predicted molar refractivity (Wildman–Crippen MR) is 118 cm³/mol. The molecule has 1 atom stereocenters. The van der Waals surface area contributed by atoms with E-state index in [0.717, 1.165) is 32.1 Å². The maximum atomic E-state index is 12.9. The van der Waals surface area contributed by atoms with Crippen molar-refractivity contribution in [1.82, 2.24) is 9.97 Å². The summed E-state index contributed by atoms with van der Waals surface area (Å²) in [6, 6.07) is 19.9. The van der Waals surface area contributed by atoms with Crippen LogP contribution in [0.4, 0.5) is 5.69 Å². The minimum absolute atomic E-state index is 0.0412. The average Bonchev–Trinajstić information content (AvgIpc) is 3.19. The number of thiophene rings is 1.